The summed E-state index contributed by atoms with van der Waals surface area (Å²) in [5, 5.41) is 27.0. The van der Waals surface area contributed by atoms with Crippen LogP contribution in [0.15, 0.2) is 90.1 Å². The first kappa shape index (κ1) is 25.7. The zero-order chi connectivity index (χ0) is 27.4. The highest BCUT2D eigenvalue weighted by Gasteiger charge is 2.18. The lowest BCUT2D eigenvalue weighted by Gasteiger charge is -2.20. The number of phenols is 1. The van der Waals surface area contributed by atoms with Gasteiger partial charge in [-0.2, -0.15) is 4.68 Å². The van der Waals surface area contributed by atoms with Crippen LogP contribution < -0.4 is 15.0 Å². The highest BCUT2D eigenvalue weighted by Crippen LogP contribution is 2.37. The number of aromatic nitrogens is 4. The number of rotatable bonds is 7. The van der Waals surface area contributed by atoms with Gasteiger partial charge in [-0.3, -0.25) is 9.69 Å². The van der Waals surface area contributed by atoms with Gasteiger partial charge in [-0.05, 0) is 58.5 Å². The second kappa shape index (κ2) is 11.2. The van der Waals surface area contributed by atoms with Crippen molar-refractivity contribution in [2.45, 2.75) is 17.8 Å². The van der Waals surface area contributed by atoms with E-state index in [-0.39, 0.29) is 11.7 Å². The maximum absolute atomic E-state index is 12.9. The molecule has 1 heterocycles. The number of amides is 2. The first-order chi connectivity index (χ1) is 18.9. The van der Waals surface area contributed by atoms with Gasteiger partial charge in [0.2, 0.25) is 11.1 Å². The molecule has 0 spiro atoms. The summed E-state index contributed by atoms with van der Waals surface area (Å²) in [4.78, 5) is 25.7. The zero-order valence-corrected chi connectivity index (χ0v) is 21.9. The molecule has 11 heteroatoms. The largest absolute Gasteiger partial charge is 0.505 e. The molecule has 0 bridgehead atoms. The van der Waals surface area contributed by atoms with Crippen LogP contribution in [-0.4, -0.2) is 44.4 Å². The molecule has 0 saturated carbocycles. The molecule has 2 N–H and O–H groups in total. The number of aromatic hydroxyl groups is 1. The van der Waals surface area contributed by atoms with Gasteiger partial charge in [0.1, 0.15) is 11.5 Å². The molecule has 5 aromatic rings. The van der Waals surface area contributed by atoms with Crippen LogP contribution >= 0.6 is 11.8 Å². The molecule has 1 aromatic heterocycles. The van der Waals surface area contributed by atoms with Crippen molar-refractivity contribution >= 4 is 45.9 Å². The highest BCUT2D eigenvalue weighted by molar-refractivity contribution is 7.98. The van der Waals surface area contributed by atoms with Crippen molar-refractivity contribution in [3.8, 4) is 17.2 Å². The SMILES string of the molecule is CC(=O)Nc1ccc2c(N(C)C(=O)Oc3ccc(CSc4nnnn4-c4ccccc4)cc3)cccc2c1O. The third-order valence-electron chi connectivity index (χ3n) is 5.89. The minimum atomic E-state index is -0.586. The number of nitrogens with zero attached hydrogens (tertiary/aromatic N) is 5. The summed E-state index contributed by atoms with van der Waals surface area (Å²) in [6.45, 7) is 1.37. The predicted octanol–water partition coefficient (Wildman–Crippen LogP) is 5.41. The van der Waals surface area contributed by atoms with Crippen LogP contribution in [0.3, 0.4) is 0 Å². The van der Waals surface area contributed by atoms with E-state index in [1.807, 2.05) is 42.5 Å². The van der Waals surface area contributed by atoms with Crippen molar-refractivity contribution in [2.24, 2.45) is 0 Å². The van der Waals surface area contributed by atoms with Gasteiger partial charge in [-0.1, -0.05) is 54.2 Å². The Kier molecular flexibility index (Phi) is 7.41. The number of tetrazole rings is 1. The van der Waals surface area contributed by atoms with E-state index >= 15 is 0 Å². The molecular formula is C28H24N6O4S. The van der Waals surface area contributed by atoms with Crippen LogP contribution in [0.2, 0.25) is 0 Å². The molecule has 196 valence electrons. The van der Waals surface area contributed by atoms with Crippen molar-refractivity contribution in [3.63, 3.8) is 0 Å². The molecule has 0 atom stereocenters. The number of hydrogen-bond acceptors (Lipinski definition) is 8. The van der Waals surface area contributed by atoms with Crippen LogP contribution in [0.4, 0.5) is 16.2 Å². The lowest BCUT2D eigenvalue weighted by atomic mass is 10.1. The molecule has 0 aliphatic carbocycles. The van der Waals surface area contributed by atoms with E-state index in [4.69, 9.17) is 4.74 Å². The van der Waals surface area contributed by atoms with Crippen molar-refractivity contribution in [1.29, 1.82) is 0 Å². The molecule has 0 aliphatic rings. The number of anilines is 2. The standard InChI is InChI=1S/C28H24N6O4S/c1-18(35)29-24-16-15-22-23(26(24)36)9-6-10-25(22)33(2)28(37)38-21-13-11-19(12-14-21)17-39-27-30-31-32-34(27)20-7-4-3-5-8-20/h3-16,36H,17H2,1-2H3,(H,29,35). The maximum atomic E-state index is 12.9. The number of hydrogen-bond donors (Lipinski definition) is 2. The Morgan fingerprint density at radius 1 is 0.974 bits per heavy atom. The fourth-order valence-electron chi connectivity index (χ4n) is 3.98. The van der Waals surface area contributed by atoms with Gasteiger partial charge in [0, 0.05) is 30.5 Å². The summed E-state index contributed by atoms with van der Waals surface area (Å²) in [6.07, 6.45) is -0.586. The highest BCUT2D eigenvalue weighted by atomic mass is 32.2. The van der Waals surface area contributed by atoms with Crippen molar-refractivity contribution in [1.82, 2.24) is 20.2 Å². The lowest BCUT2D eigenvalue weighted by molar-refractivity contribution is -0.114. The quantitative estimate of drug-likeness (QED) is 0.208. The normalized spacial score (nSPS) is 10.8. The number of para-hydroxylation sites is 1. The third-order valence-corrected chi connectivity index (χ3v) is 6.88. The van der Waals surface area contributed by atoms with E-state index in [0.29, 0.717) is 38.8 Å². The number of benzene rings is 4. The monoisotopic (exact) mass is 540 g/mol. The van der Waals surface area contributed by atoms with E-state index in [1.54, 1.807) is 54.2 Å². The van der Waals surface area contributed by atoms with Gasteiger partial charge in [0.25, 0.3) is 0 Å². The summed E-state index contributed by atoms with van der Waals surface area (Å²) >= 11 is 1.50. The Morgan fingerprint density at radius 2 is 1.74 bits per heavy atom. The van der Waals surface area contributed by atoms with Gasteiger partial charge < -0.3 is 15.2 Å². The van der Waals surface area contributed by atoms with E-state index < -0.39 is 6.09 Å². The van der Waals surface area contributed by atoms with E-state index in [2.05, 4.69) is 20.8 Å². The van der Waals surface area contributed by atoms with Gasteiger partial charge in [0.15, 0.2) is 0 Å². The second-order valence-corrected chi connectivity index (χ2v) is 9.53. The molecule has 5 rings (SSSR count). The van der Waals surface area contributed by atoms with Crippen LogP contribution in [0.25, 0.3) is 16.5 Å². The molecular weight excluding hydrogens is 516 g/mol. The number of thioether (sulfide) groups is 1. The van der Waals surface area contributed by atoms with Crippen LogP contribution in [0, 0.1) is 0 Å². The summed E-state index contributed by atoms with van der Waals surface area (Å²) in [7, 11) is 1.60. The molecule has 4 aromatic carbocycles. The number of carbonyl (C=O) groups is 2. The van der Waals surface area contributed by atoms with E-state index in [1.165, 1.54) is 23.6 Å². The van der Waals surface area contributed by atoms with Crippen molar-refractivity contribution in [2.75, 3.05) is 17.3 Å². The molecule has 0 fully saturated rings. The molecule has 10 nitrogen and oxygen atoms in total. The first-order valence-corrected chi connectivity index (χ1v) is 12.9. The summed E-state index contributed by atoms with van der Waals surface area (Å²) in [5.41, 5.74) is 2.74. The topological polar surface area (TPSA) is 122 Å². The Balaban J connectivity index is 1.25. The third kappa shape index (κ3) is 5.68. The summed E-state index contributed by atoms with van der Waals surface area (Å²) in [5.74, 6) is 0.656. The Morgan fingerprint density at radius 3 is 2.49 bits per heavy atom. The molecule has 0 unspecified atom stereocenters. The Hall–Kier alpha value is -4.90. The number of carbonyl (C=O) groups excluding carboxylic acids is 2. The summed E-state index contributed by atoms with van der Waals surface area (Å²) in [6, 6.07) is 25.4. The summed E-state index contributed by atoms with van der Waals surface area (Å²) < 4.78 is 7.28. The Labute approximate surface area is 228 Å². The zero-order valence-electron chi connectivity index (χ0n) is 21.1. The lowest BCUT2D eigenvalue weighted by Crippen LogP contribution is -2.29. The number of fused-ring (bicyclic) bond motifs is 1. The molecule has 39 heavy (non-hydrogen) atoms. The molecule has 0 radical (unpaired) electrons. The average molecular weight is 541 g/mol. The Bertz CT molecular complexity index is 1640. The molecule has 0 aliphatic heterocycles. The van der Waals surface area contributed by atoms with E-state index in [0.717, 1.165) is 11.3 Å². The van der Waals surface area contributed by atoms with Gasteiger partial charge in [0.05, 0.1) is 17.1 Å². The van der Waals surface area contributed by atoms with E-state index in [9.17, 15) is 14.7 Å². The fourth-order valence-corrected chi connectivity index (χ4v) is 4.82. The number of nitrogens with one attached hydrogen (secondary N) is 1. The predicted molar refractivity (Wildman–Crippen MR) is 150 cm³/mol. The number of ether oxygens (including phenoxy) is 1. The van der Waals surface area contributed by atoms with Gasteiger partial charge in [-0.25, -0.2) is 4.79 Å². The molecule has 2 amide bonds. The molecule has 0 saturated heterocycles. The van der Waals surface area contributed by atoms with Crippen LogP contribution in [0.5, 0.6) is 11.5 Å². The average Bonchev–Trinajstić information content (AvgIpc) is 3.42. The second-order valence-electron chi connectivity index (χ2n) is 8.58. The maximum Gasteiger partial charge on any atom is 0.419 e. The van der Waals surface area contributed by atoms with Gasteiger partial charge >= 0.3 is 6.09 Å². The van der Waals surface area contributed by atoms with Gasteiger partial charge in [-0.15, -0.1) is 5.10 Å². The van der Waals surface area contributed by atoms with Crippen LogP contribution in [0.1, 0.15) is 12.5 Å². The minimum Gasteiger partial charge on any atom is -0.505 e. The minimum absolute atomic E-state index is 0.0717. The number of phenolic OH excluding ortho intramolecular Hbond substituents is 1. The van der Waals surface area contributed by atoms with Crippen molar-refractivity contribution in [3.05, 3.63) is 90.5 Å². The van der Waals surface area contributed by atoms with Crippen LogP contribution in [-0.2, 0) is 10.5 Å². The smallest absolute Gasteiger partial charge is 0.419 e. The fraction of sp³-hybridized carbons (Fsp3) is 0.107. The first-order valence-electron chi connectivity index (χ1n) is 11.9. The van der Waals surface area contributed by atoms with Crippen molar-refractivity contribution < 1.29 is 19.4 Å².